The van der Waals surface area contributed by atoms with Crippen LogP contribution >= 0.6 is 0 Å². The van der Waals surface area contributed by atoms with Crippen LogP contribution in [-0.4, -0.2) is 42.3 Å². The van der Waals surface area contributed by atoms with Crippen LogP contribution in [0, 0.1) is 0 Å². The molecule has 0 aromatic rings. The normalized spacial score (nSPS) is 11.2. The monoisotopic (exact) mass is 194 g/mol. The molecule has 0 unspecified atom stereocenters. The first-order valence-corrected chi connectivity index (χ1v) is 5.22. The van der Waals surface area contributed by atoms with Gasteiger partial charge in [-0.3, -0.25) is 0 Å². The smallest absolute Gasteiger partial charge is 0.376 e. The number of carbonyl (C=O) groups is 1. The molecule has 0 fully saturated rings. The number of nitrogens with one attached hydrogen (secondary N) is 1. The molecule has 7 heteroatoms. The van der Waals surface area contributed by atoms with Crippen molar-refractivity contribution in [3.63, 3.8) is 0 Å². The Hall–Kier alpha value is -0.633. The number of urea groups is 1. The van der Waals surface area contributed by atoms with Crippen molar-refractivity contribution in [1.29, 1.82) is 0 Å². The van der Waals surface area contributed by atoms with Gasteiger partial charge in [0.2, 0.25) is 0 Å². The van der Waals surface area contributed by atoms with Gasteiger partial charge >= 0.3 is 14.8 Å². The fourth-order valence-corrected chi connectivity index (χ4v) is 1.99. The van der Waals surface area contributed by atoms with Gasteiger partial charge in [0.25, 0.3) is 0 Å². The molecule has 0 radical (unpaired) electrons. The number of amides is 2. The second-order valence-corrected chi connectivity index (χ2v) is 4.96. The van der Waals surface area contributed by atoms with Crippen molar-refractivity contribution < 1.29 is 18.1 Å². The van der Waals surface area contributed by atoms with Gasteiger partial charge in [0.15, 0.2) is 0 Å². The van der Waals surface area contributed by atoms with Crippen molar-refractivity contribution >= 4 is 14.8 Å². The summed E-state index contributed by atoms with van der Waals surface area (Å²) in [5.74, 6) is 0. The Morgan fingerprint density at radius 1 is 1.33 bits per heavy atom. The molecule has 2 amide bonds. The van der Waals surface area contributed by atoms with E-state index < -0.39 is 14.8 Å². The van der Waals surface area contributed by atoms with Gasteiger partial charge in [-0.25, -0.2) is 4.79 Å². The van der Waals surface area contributed by atoms with E-state index in [0.29, 0.717) is 0 Å². The summed E-state index contributed by atoms with van der Waals surface area (Å²) in [7, 11) is 1.69. The van der Waals surface area contributed by atoms with Crippen molar-refractivity contribution in [3.8, 4) is 0 Å². The van der Waals surface area contributed by atoms with Crippen LogP contribution in [0.25, 0.3) is 0 Å². The number of rotatable bonds is 5. The molecular weight excluding hydrogens is 180 g/mol. The zero-order chi connectivity index (χ0) is 9.61. The average Bonchev–Trinajstić information content (AvgIpc) is 2.08. The Labute approximate surface area is 72.3 Å². The molecule has 0 aliphatic rings. The van der Waals surface area contributed by atoms with E-state index in [9.17, 15) is 4.79 Å². The molecule has 12 heavy (non-hydrogen) atoms. The molecule has 0 atom stereocenters. The van der Waals surface area contributed by atoms with Crippen molar-refractivity contribution in [2.75, 3.05) is 27.5 Å². The maximum Gasteiger partial charge on any atom is 0.520 e. The van der Waals surface area contributed by atoms with Crippen LogP contribution in [0.2, 0.25) is 0 Å². The summed E-state index contributed by atoms with van der Waals surface area (Å²) in [6, 6.07) is -0.627. The lowest BCUT2D eigenvalue weighted by molar-refractivity contribution is 0.122. The SMILES string of the molecule is CO[Si](CNC(N)=O)(OC)OC. The van der Waals surface area contributed by atoms with Gasteiger partial charge < -0.3 is 24.3 Å². The zero-order valence-electron chi connectivity index (χ0n) is 7.42. The molecule has 0 aliphatic heterocycles. The standard InChI is InChI=1S/C5H14N2O4Si/c1-9-12(10-2,11-3)4-7-5(6)8/h4H2,1-3H3,(H3,6,7,8). The molecule has 6 nitrogen and oxygen atoms in total. The topological polar surface area (TPSA) is 82.8 Å². The lowest BCUT2D eigenvalue weighted by Gasteiger charge is -2.23. The number of primary amides is 1. The average molecular weight is 194 g/mol. The molecule has 0 spiro atoms. The molecule has 0 heterocycles. The quantitative estimate of drug-likeness (QED) is 0.554. The fourth-order valence-electron chi connectivity index (χ4n) is 0.662. The van der Waals surface area contributed by atoms with E-state index in [2.05, 4.69) is 5.32 Å². The molecule has 0 aliphatic carbocycles. The summed E-state index contributed by atoms with van der Waals surface area (Å²) in [4.78, 5) is 10.4. The van der Waals surface area contributed by atoms with Crippen LogP contribution in [0.4, 0.5) is 4.79 Å². The van der Waals surface area contributed by atoms with E-state index in [4.69, 9.17) is 19.0 Å². The molecule has 0 rings (SSSR count). The first-order valence-electron chi connectivity index (χ1n) is 3.29. The minimum absolute atomic E-state index is 0.172. The third-order valence-corrected chi connectivity index (χ3v) is 3.89. The highest BCUT2D eigenvalue weighted by molar-refractivity contribution is 6.61. The minimum Gasteiger partial charge on any atom is -0.376 e. The Kier molecular flexibility index (Phi) is 4.82. The van der Waals surface area contributed by atoms with E-state index in [0.717, 1.165) is 0 Å². The van der Waals surface area contributed by atoms with E-state index >= 15 is 0 Å². The van der Waals surface area contributed by atoms with Crippen molar-refractivity contribution in [1.82, 2.24) is 5.32 Å². The largest absolute Gasteiger partial charge is 0.520 e. The van der Waals surface area contributed by atoms with Crippen molar-refractivity contribution in [2.24, 2.45) is 5.73 Å². The molecule has 0 saturated heterocycles. The highest BCUT2D eigenvalue weighted by atomic mass is 28.4. The Morgan fingerprint density at radius 2 is 1.75 bits per heavy atom. The van der Waals surface area contributed by atoms with Gasteiger partial charge in [0, 0.05) is 21.3 Å². The fraction of sp³-hybridized carbons (Fsp3) is 0.800. The van der Waals surface area contributed by atoms with Gasteiger partial charge in [-0.05, 0) is 0 Å². The molecule has 0 aromatic heterocycles. The maximum atomic E-state index is 10.4. The molecule has 0 bridgehead atoms. The van der Waals surface area contributed by atoms with E-state index in [1.165, 1.54) is 21.3 Å². The molecule has 3 N–H and O–H groups in total. The van der Waals surface area contributed by atoms with Crippen molar-refractivity contribution in [2.45, 2.75) is 0 Å². The third-order valence-electron chi connectivity index (χ3n) is 1.41. The van der Waals surface area contributed by atoms with Crippen molar-refractivity contribution in [3.05, 3.63) is 0 Å². The molecular formula is C5H14N2O4Si. The highest BCUT2D eigenvalue weighted by Crippen LogP contribution is 2.03. The van der Waals surface area contributed by atoms with Crippen LogP contribution in [-0.2, 0) is 13.3 Å². The van der Waals surface area contributed by atoms with E-state index in [1.54, 1.807) is 0 Å². The third kappa shape index (κ3) is 3.18. The van der Waals surface area contributed by atoms with Gasteiger partial charge in [0.05, 0.1) is 6.17 Å². The number of hydrogen-bond donors (Lipinski definition) is 2. The van der Waals surface area contributed by atoms with Crippen LogP contribution in [0.1, 0.15) is 0 Å². The minimum atomic E-state index is -2.69. The van der Waals surface area contributed by atoms with Crippen LogP contribution < -0.4 is 11.1 Å². The van der Waals surface area contributed by atoms with E-state index in [1.807, 2.05) is 0 Å². The summed E-state index contributed by atoms with van der Waals surface area (Å²) in [5.41, 5.74) is 4.87. The summed E-state index contributed by atoms with van der Waals surface area (Å²) in [6.45, 7) is 0. The molecule has 72 valence electrons. The lowest BCUT2D eigenvalue weighted by Crippen LogP contribution is -2.54. The zero-order valence-corrected chi connectivity index (χ0v) is 8.42. The number of nitrogens with two attached hydrogens (primary N) is 1. The van der Waals surface area contributed by atoms with Gasteiger partial charge in [-0.2, -0.15) is 0 Å². The Balaban J connectivity index is 4.01. The summed E-state index contributed by atoms with van der Waals surface area (Å²) in [5, 5.41) is 2.36. The number of hydrogen-bond acceptors (Lipinski definition) is 4. The highest BCUT2D eigenvalue weighted by Gasteiger charge is 2.38. The van der Waals surface area contributed by atoms with Gasteiger partial charge in [-0.15, -0.1) is 0 Å². The summed E-state index contributed by atoms with van der Waals surface area (Å²) in [6.07, 6.45) is 0.172. The second-order valence-electron chi connectivity index (χ2n) is 2.01. The van der Waals surface area contributed by atoms with Crippen LogP contribution in [0.3, 0.4) is 0 Å². The predicted molar refractivity (Wildman–Crippen MR) is 44.4 cm³/mol. The maximum absolute atomic E-state index is 10.4. The molecule has 0 saturated carbocycles. The first kappa shape index (κ1) is 11.4. The Bertz CT molecular complexity index is 142. The summed E-state index contributed by atoms with van der Waals surface area (Å²) >= 11 is 0. The van der Waals surface area contributed by atoms with Crippen LogP contribution in [0.15, 0.2) is 0 Å². The number of carbonyl (C=O) groups excluding carboxylic acids is 1. The lowest BCUT2D eigenvalue weighted by atomic mass is 11.0. The summed E-state index contributed by atoms with van der Waals surface area (Å²) < 4.78 is 15.0. The van der Waals surface area contributed by atoms with Gasteiger partial charge in [0.1, 0.15) is 0 Å². The second kappa shape index (κ2) is 5.09. The molecule has 0 aromatic carbocycles. The van der Waals surface area contributed by atoms with Gasteiger partial charge in [-0.1, -0.05) is 0 Å². The van der Waals surface area contributed by atoms with Crippen LogP contribution in [0.5, 0.6) is 0 Å². The predicted octanol–water partition coefficient (Wildman–Crippen LogP) is -0.928. The Morgan fingerprint density at radius 3 is 2.00 bits per heavy atom. The first-order chi connectivity index (χ1) is 5.60. The van der Waals surface area contributed by atoms with E-state index in [-0.39, 0.29) is 6.17 Å².